The molecule has 0 unspecified atom stereocenters. The fourth-order valence-electron chi connectivity index (χ4n) is 0.980. The van der Waals surface area contributed by atoms with E-state index in [0.29, 0.717) is 13.1 Å². The molecular weight excluding hydrogens is 138 g/mol. The average molecular weight is 150 g/mol. The quantitative estimate of drug-likeness (QED) is 0.572. The molecule has 2 nitrogen and oxygen atoms in total. The van der Waals surface area contributed by atoms with Gasteiger partial charge in [0.05, 0.1) is 0 Å². The summed E-state index contributed by atoms with van der Waals surface area (Å²) < 4.78 is 23.8. The van der Waals surface area contributed by atoms with Crippen LogP contribution in [0.1, 0.15) is 0 Å². The molecule has 1 heterocycles. The summed E-state index contributed by atoms with van der Waals surface area (Å²) in [5.41, 5.74) is 0. The smallest absolute Gasteiger partial charge is 0.106 e. The van der Waals surface area contributed by atoms with Gasteiger partial charge in [0, 0.05) is 25.2 Å². The minimum absolute atomic E-state index is 0.122. The molecule has 4 heteroatoms. The summed E-state index contributed by atoms with van der Waals surface area (Å²) in [5, 5.41) is 5.78. The van der Waals surface area contributed by atoms with Crippen molar-refractivity contribution in [3.05, 3.63) is 0 Å². The Morgan fingerprint density at radius 2 is 1.40 bits per heavy atom. The molecule has 10 heavy (non-hydrogen) atoms. The van der Waals surface area contributed by atoms with Gasteiger partial charge < -0.3 is 10.6 Å². The van der Waals surface area contributed by atoms with Crippen LogP contribution in [-0.2, 0) is 0 Å². The fraction of sp³-hybridized carbons (Fsp3) is 1.00. The first-order valence-corrected chi connectivity index (χ1v) is 3.45. The zero-order valence-electron chi connectivity index (χ0n) is 5.74. The second-order valence-corrected chi connectivity index (χ2v) is 2.52. The molecule has 2 N–H and O–H groups in total. The number of hydrogen-bond donors (Lipinski definition) is 2. The number of piperazine rings is 1. The van der Waals surface area contributed by atoms with Gasteiger partial charge in [0.2, 0.25) is 0 Å². The standard InChI is InChI=1S/C6H12F2N2/c7-1-5-3-10-6(2-8)4-9-5/h5-6,9-10H,1-4H2/t5-,6-/m0/s1. The Kier molecular flexibility index (Phi) is 3.02. The second kappa shape index (κ2) is 3.83. The predicted octanol–water partition coefficient (Wildman–Crippen LogP) is -0.145. The van der Waals surface area contributed by atoms with E-state index in [4.69, 9.17) is 0 Å². The van der Waals surface area contributed by atoms with E-state index in [9.17, 15) is 8.78 Å². The van der Waals surface area contributed by atoms with Crippen LogP contribution in [0.3, 0.4) is 0 Å². The van der Waals surface area contributed by atoms with Gasteiger partial charge in [0.25, 0.3) is 0 Å². The molecule has 1 aliphatic rings. The van der Waals surface area contributed by atoms with Gasteiger partial charge in [-0.15, -0.1) is 0 Å². The lowest BCUT2D eigenvalue weighted by Crippen LogP contribution is -2.55. The van der Waals surface area contributed by atoms with Crippen molar-refractivity contribution >= 4 is 0 Å². The minimum atomic E-state index is -0.383. The molecule has 0 radical (unpaired) electrons. The summed E-state index contributed by atoms with van der Waals surface area (Å²) in [6.07, 6.45) is 0. The monoisotopic (exact) mass is 150 g/mol. The highest BCUT2D eigenvalue weighted by Gasteiger charge is 2.18. The Hall–Kier alpha value is -0.220. The zero-order valence-corrected chi connectivity index (χ0v) is 5.74. The molecule has 60 valence electrons. The van der Waals surface area contributed by atoms with Crippen molar-refractivity contribution in [2.45, 2.75) is 12.1 Å². The first-order chi connectivity index (χ1) is 4.86. The highest BCUT2D eigenvalue weighted by atomic mass is 19.1. The summed E-state index contributed by atoms with van der Waals surface area (Å²) in [6.45, 7) is 0.300. The molecule has 0 amide bonds. The number of halogens is 2. The van der Waals surface area contributed by atoms with Crippen LogP contribution in [0.15, 0.2) is 0 Å². The van der Waals surface area contributed by atoms with Crippen LogP contribution in [-0.4, -0.2) is 38.5 Å². The van der Waals surface area contributed by atoms with Gasteiger partial charge in [-0.1, -0.05) is 0 Å². The van der Waals surface area contributed by atoms with Gasteiger partial charge in [0.15, 0.2) is 0 Å². The van der Waals surface area contributed by atoms with Crippen LogP contribution < -0.4 is 10.6 Å². The van der Waals surface area contributed by atoms with Crippen molar-refractivity contribution in [2.75, 3.05) is 26.4 Å². The molecular formula is C6H12F2N2. The highest BCUT2D eigenvalue weighted by Crippen LogP contribution is 1.94. The Morgan fingerprint density at radius 1 is 1.00 bits per heavy atom. The third-order valence-electron chi connectivity index (χ3n) is 1.68. The van der Waals surface area contributed by atoms with E-state index in [0.717, 1.165) is 0 Å². The largest absolute Gasteiger partial charge is 0.309 e. The van der Waals surface area contributed by atoms with Crippen molar-refractivity contribution in [3.8, 4) is 0 Å². The predicted molar refractivity (Wildman–Crippen MR) is 35.5 cm³/mol. The van der Waals surface area contributed by atoms with Crippen LogP contribution >= 0.6 is 0 Å². The SMILES string of the molecule is FC[C@H]1CN[C@@H](CF)CN1. The van der Waals surface area contributed by atoms with Crippen LogP contribution in [0.4, 0.5) is 8.78 Å². The highest BCUT2D eigenvalue weighted by molar-refractivity contribution is 4.81. The maximum atomic E-state index is 11.9. The van der Waals surface area contributed by atoms with Crippen molar-refractivity contribution in [1.29, 1.82) is 0 Å². The lowest BCUT2D eigenvalue weighted by molar-refractivity contribution is 0.264. The molecule has 0 aromatic heterocycles. The lowest BCUT2D eigenvalue weighted by Gasteiger charge is -2.27. The molecule has 0 bridgehead atoms. The third-order valence-corrected chi connectivity index (χ3v) is 1.68. The first-order valence-electron chi connectivity index (χ1n) is 3.45. The Balaban J connectivity index is 2.17. The third kappa shape index (κ3) is 1.88. The van der Waals surface area contributed by atoms with Crippen molar-refractivity contribution in [1.82, 2.24) is 10.6 Å². The van der Waals surface area contributed by atoms with E-state index in [-0.39, 0.29) is 25.4 Å². The summed E-state index contributed by atoms with van der Waals surface area (Å²) in [6, 6.07) is -0.245. The summed E-state index contributed by atoms with van der Waals surface area (Å²) in [5.74, 6) is 0. The van der Waals surface area contributed by atoms with Gasteiger partial charge in [-0.3, -0.25) is 0 Å². The van der Waals surface area contributed by atoms with Crippen LogP contribution in [0.5, 0.6) is 0 Å². The van der Waals surface area contributed by atoms with Gasteiger partial charge in [-0.05, 0) is 0 Å². The second-order valence-electron chi connectivity index (χ2n) is 2.52. The maximum Gasteiger partial charge on any atom is 0.106 e. The first kappa shape index (κ1) is 7.88. The normalized spacial score (nSPS) is 34.2. The van der Waals surface area contributed by atoms with Crippen LogP contribution in [0.2, 0.25) is 0 Å². The van der Waals surface area contributed by atoms with Gasteiger partial charge in [-0.25, -0.2) is 8.78 Å². The molecule has 0 saturated carbocycles. The van der Waals surface area contributed by atoms with E-state index in [1.165, 1.54) is 0 Å². The summed E-state index contributed by atoms with van der Waals surface area (Å²) in [7, 11) is 0. The number of alkyl halides is 2. The van der Waals surface area contributed by atoms with E-state index in [2.05, 4.69) is 10.6 Å². The molecule has 2 atom stereocenters. The molecule has 0 spiro atoms. The van der Waals surface area contributed by atoms with E-state index in [1.54, 1.807) is 0 Å². The number of rotatable bonds is 2. The van der Waals surface area contributed by atoms with Crippen LogP contribution in [0.25, 0.3) is 0 Å². The Labute approximate surface area is 59.0 Å². The van der Waals surface area contributed by atoms with Gasteiger partial charge in [-0.2, -0.15) is 0 Å². The molecule has 1 aliphatic heterocycles. The molecule has 1 rings (SSSR count). The van der Waals surface area contributed by atoms with E-state index < -0.39 is 0 Å². The number of nitrogens with one attached hydrogen (secondary N) is 2. The van der Waals surface area contributed by atoms with Crippen LogP contribution in [0, 0.1) is 0 Å². The fourth-order valence-corrected chi connectivity index (χ4v) is 0.980. The summed E-state index contributed by atoms with van der Waals surface area (Å²) >= 11 is 0. The van der Waals surface area contributed by atoms with Crippen molar-refractivity contribution in [3.63, 3.8) is 0 Å². The zero-order chi connectivity index (χ0) is 7.40. The molecule has 0 aromatic carbocycles. The Bertz CT molecular complexity index is 79.7. The molecule has 0 aromatic rings. The lowest BCUT2D eigenvalue weighted by atomic mass is 10.2. The molecule has 1 fully saturated rings. The number of hydrogen-bond acceptors (Lipinski definition) is 2. The average Bonchev–Trinajstić information content (AvgIpc) is 2.05. The summed E-state index contributed by atoms with van der Waals surface area (Å²) in [4.78, 5) is 0. The van der Waals surface area contributed by atoms with Gasteiger partial charge >= 0.3 is 0 Å². The topological polar surface area (TPSA) is 24.1 Å². The van der Waals surface area contributed by atoms with Gasteiger partial charge in [0.1, 0.15) is 13.3 Å². The minimum Gasteiger partial charge on any atom is -0.309 e. The van der Waals surface area contributed by atoms with Crippen molar-refractivity contribution in [2.24, 2.45) is 0 Å². The van der Waals surface area contributed by atoms with Crippen molar-refractivity contribution < 1.29 is 8.78 Å². The van der Waals surface area contributed by atoms with E-state index in [1.807, 2.05) is 0 Å². The maximum absolute atomic E-state index is 11.9. The Morgan fingerprint density at radius 3 is 1.60 bits per heavy atom. The molecule has 0 aliphatic carbocycles. The van der Waals surface area contributed by atoms with E-state index >= 15 is 0 Å². The molecule has 1 saturated heterocycles.